The molecule has 0 aliphatic carbocycles. The highest BCUT2D eigenvalue weighted by Gasteiger charge is 2.41. The molecule has 12 nitrogen and oxygen atoms in total. The number of nitrogens with zero attached hydrogens (tertiary/aromatic N) is 2. The van der Waals surface area contributed by atoms with Gasteiger partial charge in [0.15, 0.2) is 11.5 Å². The molecule has 50 heavy (non-hydrogen) atoms. The van der Waals surface area contributed by atoms with Crippen molar-refractivity contribution in [3.8, 4) is 23.0 Å². The first kappa shape index (κ1) is 36.0. The number of ether oxygens (including phenoxy) is 2. The van der Waals surface area contributed by atoms with Crippen LogP contribution in [-0.4, -0.2) is 81.3 Å². The predicted octanol–water partition coefficient (Wildman–Crippen LogP) is 4.92. The van der Waals surface area contributed by atoms with Crippen molar-refractivity contribution in [1.29, 1.82) is 0 Å². The summed E-state index contributed by atoms with van der Waals surface area (Å²) in [4.78, 5) is 28.9. The molecular weight excluding hydrogens is 660 g/mol. The van der Waals surface area contributed by atoms with Gasteiger partial charge >= 0.3 is 16.1 Å². The summed E-state index contributed by atoms with van der Waals surface area (Å²) in [6.45, 7) is 2.05. The van der Waals surface area contributed by atoms with E-state index in [0.29, 0.717) is 41.2 Å². The Labute approximate surface area is 292 Å². The van der Waals surface area contributed by atoms with Gasteiger partial charge in [-0.3, -0.25) is 4.79 Å². The number of aromatic hydroxyl groups is 1. The van der Waals surface area contributed by atoms with Gasteiger partial charge in [0.25, 0.3) is 0 Å². The number of phenolic OH excluding ortho intramolecular Hbond substituents is 1. The van der Waals surface area contributed by atoms with Gasteiger partial charge in [0, 0.05) is 17.7 Å². The predicted molar refractivity (Wildman–Crippen MR) is 189 cm³/mol. The highest BCUT2D eigenvalue weighted by Crippen LogP contribution is 2.32. The minimum Gasteiger partial charge on any atom is -0.508 e. The Morgan fingerprint density at radius 2 is 1.60 bits per heavy atom. The van der Waals surface area contributed by atoms with Crippen LogP contribution < -0.4 is 24.7 Å². The zero-order valence-corrected chi connectivity index (χ0v) is 29.1. The Balaban J connectivity index is 1.40. The molecule has 5 rings (SSSR count). The minimum atomic E-state index is -4.05. The molecule has 13 heteroatoms. The average Bonchev–Trinajstić information content (AvgIpc) is 3.09. The average molecular weight is 704 g/mol. The van der Waals surface area contributed by atoms with E-state index in [-0.39, 0.29) is 28.9 Å². The molecule has 0 saturated carbocycles. The Morgan fingerprint density at radius 1 is 0.940 bits per heavy atom. The second kappa shape index (κ2) is 15.5. The van der Waals surface area contributed by atoms with Gasteiger partial charge in [-0.2, -0.15) is 8.42 Å². The van der Waals surface area contributed by atoms with Crippen LogP contribution in [0.5, 0.6) is 23.0 Å². The highest BCUT2D eigenvalue weighted by atomic mass is 32.2. The second-order valence-electron chi connectivity index (χ2n) is 12.7. The molecule has 3 amide bonds. The number of carbonyl (C=O) groups excluding carboxylic acids is 2. The lowest BCUT2D eigenvalue weighted by atomic mass is 9.96. The maximum Gasteiger partial charge on any atom is 0.339 e. The Morgan fingerprint density at radius 3 is 2.24 bits per heavy atom. The standard InChI is InChI=1S/C37H42N4O8S/c1-41(24-27-13-20-34(47-2)35(23-27)48-3)21-7-8-29(25-41)40(33(36(38)43)22-26-11-16-30(42)17-12-26)37(44)39-28-14-18-31(19-15-28)49-50(45,46)32-9-5-4-6-10-32/h4-6,9-20,23,29,33H,7-8,21-22,24-25H2,1-3H3,(H3-,38,39,42,43,44)/p+1/t29-,33-,41?/m0/s1. The molecule has 0 bridgehead atoms. The number of phenols is 1. The van der Waals surface area contributed by atoms with Crippen molar-refractivity contribution in [2.45, 2.75) is 42.8 Å². The van der Waals surface area contributed by atoms with Gasteiger partial charge in [-0.1, -0.05) is 30.3 Å². The number of likely N-dealkylation sites (tertiary alicyclic amines) is 1. The summed E-state index contributed by atoms with van der Waals surface area (Å²) in [6.07, 6.45) is 1.59. The number of methoxy groups -OCH3 is 2. The number of amides is 3. The van der Waals surface area contributed by atoms with Gasteiger partial charge in [0.1, 0.15) is 29.0 Å². The topological polar surface area (TPSA) is 157 Å². The SMILES string of the molecule is COc1ccc(C[N+]2(C)CCC[C@H](N(C(=O)Nc3ccc(OS(=O)(=O)c4ccccc4)cc3)[C@@H](Cc3ccc(O)cc3)C(N)=O)C2)cc1OC. The van der Waals surface area contributed by atoms with Crippen LogP contribution in [0.2, 0.25) is 0 Å². The van der Waals surface area contributed by atoms with E-state index in [0.717, 1.165) is 24.1 Å². The maximum atomic E-state index is 14.2. The van der Waals surface area contributed by atoms with E-state index in [1.165, 1.54) is 48.5 Å². The highest BCUT2D eigenvalue weighted by molar-refractivity contribution is 7.87. The number of rotatable bonds is 13. The molecule has 4 N–H and O–H groups in total. The van der Waals surface area contributed by atoms with Crippen LogP contribution in [0, 0.1) is 0 Å². The summed E-state index contributed by atoms with van der Waals surface area (Å²) in [5, 5.41) is 12.7. The van der Waals surface area contributed by atoms with Crippen molar-refractivity contribution in [1.82, 2.24) is 4.90 Å². The summed E-state index contributed by atoms with van der Waals surface area (Å²) in [5.41, 5.74) is 8.15. The number of urea groups is 1. The van der Waals surface area contributed by atoms with Gasteiger partial charge in [-0.25, -0.2) is 4.79 Å². The number of nitrogens with one attached hydrogen (secondary N) is 1. The largest absolute Gasteiger partial charge is 0.508 e. The van der Waals surface area contributed by atoms with E-state index < -0.39 is 28.1 Å². The fraction of sp³-hybridized carbons (Fsp3) is 0.297. The third-order valence-electron chi connectivity index (χ3n) is 8.90. The van der Waals surface area contributed by atoms with Crippen molar-refractivity contribution in [2.75, 3.05) is 39.7 Å². The maximum absolute atomic E-state index is 14.2. The number of likely N-dealkylation sites (N-methyl/N-ethyl adjacent to an activating group) is 1. The molecule has 4 aromatic carbocycles. The minimum absolute atomic E-state index is 0.0168. The van der Waals surface area contributed by atoms with Gasteiger partial charge in [-0.05, 0) is 85.1 Å². The van der Waals surface area contributed by atoms with Crippen LogP contribution in [0.15, 0.2) is 102 Å². The number of piperidine rings is 1. The quantitative estimate of drug-likeness (QED) is 0.131. The first-order valence-corrected chi connectivity index (χ1v) is 17.6. The monoisotopic (exact) mass is 703 g/mol. The molecule has 0 radical (unpaired) electrons. The number of anilines is 1. The second-order valence-corrected chi connectivity index (χ2v) is 14.2. The molecule has 264 valence electrons. The fourth-order valence-electron chi connectivity index (χ4n) is 6.49. The van der Waals surface area contributed by atoms with Crippen molar-refractivity contribution in [2.24, 2.45) is 5.73 Å². The molecule has 1 aliphatic heterocycles. The normalized spacial score (nSPS) is 18.0. The number of benzene rings is 4. The third kappa shape index (κ3) is 8.84. The zero-order chi connectivity index (χ0) is 35.9. The zero-order valence-electron chi connectivity index (χ0n) is 28.3. The summed E-state index contributed by atoms with van der Waals surface area (Å²) < 4.78 is 42.2. The van der Waals surface area contributed by atoms with Gasteiger partial charge in [0.2, 0.25) is 5.91 Å². The summed E-state index contributed by atoms with van der Waals surface area (Å²) in [6, 6.07) is 24.1. The molecule has 1 heterocycles. The summed E-state index contributed by atoms with van der Waals surface area (Å²) in [7, 11) is 1.26. The number of quaternary nitrogens is 1. The Kier molecular flexibility index (Phi) is 11.2. The molecule has 3 atom stereocenters. The van der Waals surface area contributed by atoms with Crippen molar-refractivity contribution in [3.05, 3.63) is 108 Å². The molecular formula is C37H43N4O8S+. The van der Waals surface area contributed by atoms with E-state index in [2.05, 4.69) is 12.4 Å². The van der Waals surface area contributed by atoms with E-state index in [1.54, 1.807) is 49.5 Å². The first-order valence-electron chi connectivity index (χ1n) is 16.2. The Bertz CT molecular complexity index is 1890. The summed E-state index contributed by atoms with van der Waals surface area (Å²) in [5.74, 6) is 0.750. The number of primary amides is 1. The number of hydrogen-bond acceptors (Lipinski definition) is 8. The van der Waals surface area contributed by atoms with E-state index in [1.807, 2.05) is 18.2 Å². The van der Waals surface area contributed by atoms with Crippen LogP contribution in [-0.2, 0) is 27.9 Å². The Hall–Kier alpha value is -5.27. The fourth-order valence-corrected chi connectivity index (χ4v) is 7.44. The van der Waals surface area contributed by atoms with Crippen molar-refractivity contribution < 1.29 is 41.3 Å². The lowest BCUT2D eigenvalue weighted by Crippen LogP contribution is -2.62. The van der Waals surface area contributed by atoms with Crippen molar-refractivity contribution in [3.63, 3.8) is 0 Å². The molecule has 1 aliphatic rings. The molecule has 0 aromatic heterocycles. The molecule has 1 fully saturated rings. The first-order chi connectivity index (χ1) is 23.9. The van der Waals surface area contributed by atoms with Crippen LogP contribution >= 0.6 is 0 Å². The molecule has 1 saturated heterocycles. The lowest BCUT2D eigenvalue weighted by Gasteiger charge is -2.46. The van der Waals surface area contributed by atoms with Crippen LogP contribution in [0.3, 0.4) is 0 Å². The lowest BCUT2D eigenvalue weighted by molar-refractivity contribution is -0.928. The van der Waals surface area contributed by atoms with Gasteiger partial charge < -0.3 is 39.2 Å². The van der Waals surface area contributed by atoms with Crippen LogP contribution in [0.1, 0.15) is 24.0 Å². The van der Waals surface area contributed by atoms with E-state index in [9.17, 15) is 23.1 Å². The van der Waals surface area contributed by atoms with Crippen LogP contribution in [0.4, 0.5) is 10.5 Å². The number of carbonyl (C=O) groups is 2. The van der Waals surface area contributed by atoms with Gasteiger partial charge in [0.05, 0.1) is 40.4 Å². The number of hydrogen-bond donors (Lipinski definition) is 3. The van der Waals surface area contributed by atoms with E-state index >= 15 is 0 Å². The van der Waals surface area contributed by atoms with Gasteiger partial charge in [-0.15, -0.1) is 0 Å². The number of nitrogens with two attached hydrogens (primary N) is 1. The third-order valence-corrected chi connectivity index (χ3v) is 10.2. The smallest absolute Gasteiger partial charge is 0.339 e. The van der Waals surface area contributed by atoms with Crippen LogP contribution in [0.25, 0.3) is 0 Å². The van der Waals surface area contributed by atoms with E-state index in [4.69, 9.17) is 19.4 Å². The molecule has 4 aromatic rings. The van der Waals surface area contributed by atoms with Crippen molar-refractivity contribution >= 4 is 27.7 Å². The molecule has 0 spiro atoms. The molecule has 1 unspecified atom stereocenters. The summed E-state index contributed by atoms with van der Waals surface area (Å²) >= 11 is 0.